The Bertz CT molecular complexity index is 1030. The van der Waals surface area contributed by atoms with E-state index in [1.165, 1.54) is 19.2 Å². The lowest BCUT2D eigenvalue weighted by molar-refractivity contribution is -0.133. The molecule has 1 heterocycles. The number of anilines is 1. The summed E-state index contributed by atoms with van der Waals surface area (Å²) in [6.45, 7) is 2.82. The fourth-order valence-electron chi connectivity index (χ4n) is 3.32. The van der Waals surface area contributed by atoms with Crippen molar-refractivity contribution >= 4 is 29.4 Å². The van der Waals surface area contributed by atoms with Gasteiger partial charge in [-0.25, -0.2) is 4.79 Å². The summed E-state index contributed by atoms with van der Waals surface area (Å²) >= 11 is 0. The van der Waals surface area contributed by atoms with Gasteiger partial charge in [-0.1, -0.05) is 12.1 Å². The zero-order valence-electron chi connectivity index (χ0n) is 16.8. The number of carbonyl (C=O) groups excluding carboxylic acids is 4. The number of benzene rings is 2. The molecule has 156 valence electrons. The number of amides is 5. The second-order valence-electron chi connectivity index (χ2n) is 7.12. The van der Waals surface area contributed by atoms with Crippen LogP contribution in [0.25, 0.3) is 0 Å². The summed E-state index contributed by atoms with van der Waals surface area (Å²) in [7, 11) is 1.53. The topological polar surface area (TPSA) is 131 Å². The molecule has 1 atom stereocenters. The Morgan fingerprint density at radius 1 is 1.17 bits per heavy atom. The Labute approximate surface area is 173 Å². The SMILES string of the molecule is COc1ccc(C2(C)NC(=O)N(CC(=O)Nc3ccc(C(N)=O)c(C)c3)C2=O)cc1. The molecule has 0 radical (unpaired) electrons. The minimum absolute atomic E-state index is 0.345. The second-order valence-corrected chi connectivity index (χ2v) is 7.12. The number of nitrogens with one attached hydrogen (secondary N) is 2. The summed E-state index contributed by atoms with van der Waals surface area (Å²) < 4.78 is 5.11. The highest BCUT2D eigenvalue weighted by Gasteiger charge is 2.49. The number of nitrogens with zero attached hydrogens (tertiary/aromatic N) is 1. The summed E-state index contributed by atoms with van der Waals surface area (Å²) in [5.41, 5.74) is 5.92. The monoisotopic (exact) mass is 410 g/mol. The van der Waals surface area contributed by atoms with E-state index in [-0.39, 0.29) is 0 Å². The van der Waals surface area contributed by atoms with E-state index in [1.54, 1.807) is 44.2 Å². The maximum atomic E-state index is 12.9. The van der Waals surface area contributed by atoms with E-state index in [0.717, 1.165) is 4.90 Å². The van der Waals surface area contributed by atoms with Crippen molar-refractivity contribution in [2.24, 2.45) is 5.73 Å². The van der Waals surface area contributed by atoms with Crippen molar-refractivity contribution in [3.8, 4) is 5.75 Å². The zero-order valence-corrected chi connectivity index (χ0v) is 16.8. The first kappa shape index (κ1) is 20.8. The number of ether oxygens (including phenoxy) is 1. The molecule has 2 aromatic carbocycles. The van der Waals surface area contributed by atoms with Crippen molar-refractivity contribution in [1.82, 2.24) is 10.2 Å². The standard InChI is InChI=1S/C21H22N4O5/c1-12-10-14(6-9-16(12)18(22)27)23-17(26)11-25-19(28)21(2,24-20(25)29)13-4-7-15(30-3)8-5-13/h4-10H,11H2,1-3H3,(H2,22,27)(H,23,26)(H,24,29). The van der Waals surface area contributed by atoms with Gasteiger partial charge in [0.2, 0.25) is 11.8 Å². The number of nitrogens with two attached hydrogens (primary N) is 1. The van der Waals surface area contributed by atoms with Gasteiger partial charge >= 0.3 is 6.03 Å². The lowest BCUT2D eigenvalue weighted by atomic mass is 9.92. The third kappa shape index (κ3) is 3.82. The van der Waals surface area contributed by atoms with Crippen molar-refractivity contribution in [3.63, 3.8) is 0 Å². The Morgan fingerprint density at radius 2 is 1.83 bits per heavy atom. The summed E-state index contributed by atoms with van der Waals surface area (Å²) in [5, 5.41) is 5.27. The highest BCUT2D eigenvalue weighted by atomic mass is 16.5. The number of hydrogen-bond donors (Lipinski definition) is 3. The highest BCUT2D eigenvalue weighted by molar-refractivity contribution is 6.10. The molecule has 1 saturated heterocycles. The number of imide groups is 1. The maximum Gasteiger partial charge on any atom is 0.325 e. The summed E-state index contributed by atoms with van der Waals surface area (Å²) in [5.74, 6) is -1.03. The van der Waals surface area contributed by atoms with Crippen LogP contribution in [-0.4, -0.2) is 42.3 Å². The Morgan fingerprint density at radius 3 is 2.40 bits per heavy atom. The molecule has 0 aromatic heterocycles. The van der Waals surface area contributed by atoms with E-state index in [9.17, 15) is 19.2 Å². The number of methoxy groups -OCH3 is 1. The first-order chi connectivity index (χ1) is 14.2. The van der Waals surface area contributed by atoms with Gasteiger partial charge in [-0.3, -0.25) is 19.3 Å². The minimum atomic E-state index is -1.29. The van der Waals surface area contributed by atoms with Crippen LogP contribution in [0.1, 0.15) is 28.4 Å². The van der Waals surface area contributed by atoms with Crippen LogP contribution in [0.3, 0.4) is 0 Å². The zero-order chi connectivity index (χ0) is 22.1. The number of rotatable bonds is 6. The van der Waals surface area contributed by atoms with E-state index >= 15 is 0 Å². The van der Waals surface area contributed by atoms with Crippen LogP contribution in [0, 0.1) is 6.92 Å². The third-order valence-electron chi connectivity index (χ3n) is 5.02. The van der Waals surface area contributed by atoms with Crippen LogP contribution < -0.4 is 21.1 Å². The molecule has 0 spiro atoms. The van der Waals surface area contributed by atoms with Crippen molar-refractivity contribution in [1.29, 1.82) is 0 Å². The molecule has 4 N–H and O–H groups in total. The number of carbonyl (C=O) groups is 4. The molecule has 0 saturated carbocycles. The number of aryl methyl sites for hydroxylation is 1. The van der Waals surface area contributed by atoms with E-state index in [4.69, 9.17) is 10.5 Å². The maximum absolute atomic E-state index is 12.9. The number of hydrogen-bond acceptors (Lipinski definition) is 5. The highest BCUT2D eigenvalue weighted by Crippen LogP contribution is 2.30. The van der Waals surface area contributed by atoms with Crippen molar-refractivity contribution in [2.75, 3.05) is 19.0 Å². The first-order valence-corrected chi connectivity index (χ1v) is 9.14. The Kier molecular flexibility index (Phi) is 5.46. The normalized spacial score (nSPS) is 18.2. The molecular weight excluding hydrogens is 388 g/mol. The summed E-state index contributed by atoms with van der Waals surface area (Å²) in [4.78, 5) is 49.9. The average molecular weight is 410 g/mol. The average Bonchev–Trinajstić information content (AvgIpc) is 2.91. The molecule has 1 aliphatic heterocycles. The van der Waals surface area contributed by atoms with Crippen LogP contribution in [0.5, 0.6) is 5.75 Å². The van der Waals surface area contributed by atoms with Gasteiger partial charge in [-0.2, -0.15) is 0 Å². The molecule has 0 aliphatic carbocycles. The van der Waals surface area contributed by atoms with Gasteiger partial charge in [0.15, 0.2) is 0 Å². The second kappa shape index (κ2) is 7.86. The van der Waals surface area contributed by atoms with E-state index in [1.807, 2.05) is 0 Å². The first-order valence-electron chi connectivity index (χ1n) is 9.14. The lowest BCUT2D eigenvalue weighted by Gasteiger charge is -2.22. The minimum Gasteiger partial charge on any atom is -0.497 e. The van der Waals surface area contributed by atoms with Crippen molar-refractivity contribution in [2.45, 2.75) is 19.4 Å². The fraction of sp³-hybridized carbons (Fsp3) is 0.238. The molecular formula is C21H22N4O5. The predicted octanol–water partition coefficient (Wildman–Crippen LogP) is 1.51. The number of primary amides is 1. The lowest BCUT2D eigenvalue weighted by Crippen LogP contribution is -2.42. The molecule has 2 aromatic rings. The summed E-state index contributed by atoms with van der Waals surface area (Å²) in [6.07, 6.45) is 0. The van der Waals surface area contributed by atoms with Gasteiger partial charge in [0, 0.05) is 11.3 Å². The predicted molar refractivity (Wildman–Crippen MR) is 109 cm³/mol. The molecule has 30 heavy (non-hydrogen) atoms. The molecule has 9 nitrogen and oxygen atoms in total. The van der Waals surface area contributed by atoms with E-state index < -0.39 is 35.8 Å². The van der Waals surface area contributed by atoms with Crippen LogP contribution in [0.15, 0.2) is 42.5 Å². The largest absolute Gasteiger partial charge is 0.497 e. The van der Waals surface area contributed by atoms with Gasteiger partial charge in [0.05, 0.1) is 7.11 Å². The third-order valence-corrected chi connectivity index (χ3v) is 5.02. The fourth-order valence-corrected chi connectivity index (χ4v) is 3.32. The van der Waals surface area contributed by atoms with E-state index in [0.29, 0.717) is 28.1 Å². The van der Waals surface area contributed by atoms with Crippen LogP contribution >= 0.6 is 0 Å². The molecule has 3 rings (SSSR count). The molecule has 1 aliphatic rings. The van der Waals surface area contributed by atoms with Crippen molar-refractivity contribution in [3.05, 3.63) is 59.2 Å². The van der Waals surface area contributed by atoms with Gasteiger partial charge in [0.1, 0.15) is 17.8 Å². The molecule has 5 amide bonds. The van der Waals surface area contributed by atoms with Crippen LogP contribution in [-0.2, 0) is 15.1 Å². The van der Waals surface area contributed by atoms with Crippen molar-refractivity contribution < 1.29 is 23.9 Å². The molecule has 1 unspecified atom stereocenters. The van der Waals surface area contributed by atoms with Gasteiger partial charge < -0.3 is 21.1 Å². The molecule has 0 bridgehead atoms. The van der Waals surface area contributed by atoms with E-state index in [2.05, 4.69) is 10.6 Å². The number of urea groups is 1. The molecule has 9 heteroatoms. The molecule has 1 fully saturated rings. The van der Waals surface area contributed by atoms with Crippen LogP contribution in [0.4, 0.5) is 10.5 Å². The summed E-state index contributed by atoms with van der Waals surface area (Å²) in [6, 6.07) is 10.7. The smallest absolute Gasteiger partial charge is 0.325 e. The quantitative estimate of drug-likeness (QED) is 0.621. The van der Waals surface area contributed by atoms with Gasteiger partial charge in [-0.05, 0) is 55.3 Å². The Balaban J connectivity index is 1.72. The van der Waals surface area contributed by atoms with Gasteiger partial charge in [0.25, 0.3) is 5.91 Å². The Hall–Kier alpha value is -3.88. The van der Waals surface area contributed by atoms with Gasteiger partial charge in [-0.15, -0.1) is 0 Å². The van der Waals surface area contributed by atoms with Crippen LogP contribution in [0.2, 0.25) is 0 Å².